The van der Waals surface area contributed by atoms with Crippen LogP contribution in [0.2, 0.25) is 0 Å². The molecule has 5 heteroatoms. The van der Waals surface area contributed by atoms with Crippen molar-refractivity contribution in [1.29, 1.82) is 0 Å². The van der Waals surface area contributed by atoms with Gasteiger partial charge in [0.2, 0.25) is 0 Å². The van der Waals surface area contributed by atoms with E-state index in [4.69, 9.17) is 19.4 Å². The van der Waals surface area contributed by atoms with Crippen molar-refractivity contribution in [1.82, 2.24) is 0 Å². The van der Waals surface area contributed by atoms with Gasteiger partial charge in [-0.05, 0) is 96.5 Å². The molecule has 0 heterocycles. The fourth-order valence-corrected chi connectivity index (χ4v) is 15.7. The van der Waals surface area contributed by atoms with Crippen molar-refractivity contribution in [3.8, 4) is 0 Å². The molecule has 0 aromatic heterocycles. The second-order valence-corrected chi connectivity index (χ2v) is 21.0. The summed E-state index contributed by atoms with van der Waals surface area (Å²) in [5.41, 5.74) is 7.53. The van der Waals surface area contributed by atoms with Gasteiger partial charge in [0.05, 0.1) is 48.4 Å². The molecule has 0 bridgehead atoms. The van der Waals surface area contributed by atoms with Gasteiger partial charge in [0.25, 0.3) is 0 Å². The molecule has 0 radical (unpaired) electrons. The van der Waals surface area contributed by atoms with Crippen molar-refractivity contribution >= 4 is 56.4 Å². The van der Waals surface area contributed by atoms with Crippen LogP contribution in [-0.4, -0.2) is 11.3 Å². The van der Waals surface area contributed by atoms with Gasteiger partial charge in [-0.15, -0.1) is 0 Å². The molecule has 6 aromatic rings. The van der Waals surface area contributed by atoms with E-state index in [1.54, 1.807) is 43.5 Å². The zero-order valence-electron chi connectivity index (χ0n) is 27.4. The second-order valence-electron chi connectivity index (χ2n) is 13.1. The van der Waals surface area contributed by atoms with Crippen LogP contribution >= 0.6 is 35.2 Å². The largest absolute Gasteiger partial charge is 0.0970 e. The predicted molar refractivity (Wildman–Crippen MR) is 215 cm³/mol. The van der Waals surface area contributed by atoms with Crippen molar-refractivity contribution in [2.24, 2.45) is 0 Å². The average Bonchev–Trinajstić information content (AvgIpc) is 3.17. The molecule has 2 aliphatic carbocycles. The number of hydrogen-bond acceptors (Lipinski definition) is 0. The summed E-state index contributed by atoms with van der Waals surface area (Å²) < 4.78 is 0. The van der Waals surface area contributed by atoms with Gasteiger partial charge in [-0.2, -0.15) is 0 Å². The van der Waals surface area contributed by atoms with Crippen LogP contribution in [0.4, 0.5) is 0 Å². The molecule has 0 nitrogen and oxygen atoms in total. The van der Waals surface area contributed by atoms with E-state index >= 15 is 0 Å². The normalized spacial score (nSPS) is 19.8. The summed E-state index contributed by atoms with van der Waals surface area (Å²) in [6.45, 7) is 0. The van der Waals surface area contributed by atoms with E-state index in [-0.39, 0.29) is 15.1 Å². The van der Waals surface area contributed by atoms with Crippen LogP contribution in [0.3, 0.4) is 0 Å². The Morgan fingerprint density at radius 2 is 0.653 bits per heavy atom. The van der Waals surface area contributed by atoms with Crippen LogP contribution in [-0.2, 0) is 28.0 Å². The molecule has 4 atom stereocenters. The monoisotopic (exact) mass is 805 g/mol. The van der Waals surface area contributed by atoms with Gasteiger partial charge in [0, 0.05) is 11.8 Å². The summed E-state index contributed by atoms with van der Waals surface area (Å²) in [5.74, 6) is 0.913. The first kappa shape index (κ1) is 34.8. The zero-order valence-corrected chi connectivity index (χ0v) is 32.5. The van der Waals surface area contributed by atoms with Crippen LogP contribution in [0.5, 0.6) is 0 Å². The van der Waals surface area contributed by atoms with Gasteiger partial charge in [0.1, 0.15) is 0 Å². The standard InChI is InChI=1S/C44H40P2.2ClH.Rh/c1-5-19-35(20-6-1)45(36-21-7-2-8-22-36)41-31-29-33-17-13-15-27-39(33)43(41)44-40-28-16-14-18-34(40)30-32-42(44)46(37-23-9-3-10-24-37)38-25-11-4-12-26-38;;;/h1-28,41-44H,29-32H2;2*1H;/q;;;+2/t41-,42-,43?,44?;;;/m0.../s1. The number of halogens is 2. The summed E-state index contributed by atoms with van der Waals surface area (Å²) in [7, 11) is 7.46. The third-order valence-electron chi connectivity index (χ3n) is 10.6. The zero-order chi connectivity index (χ0) is 33.4. The Hall–Kier alpha value is -2.62. The Labute approximate surface area is 310 Å². The maximum absolute atomic E-state index is 4.83. The molecule has 0 N–H and O–H groups in total. The molecule has 8 rings (SSSR count). The minimum Gasteiger partial charge on any atom is -0.0620 e. The molecule has 0 spiro atoms. The maximum Gasteiger partial charge on any atom is 0.0970 e. The van der Waals surface area contributed by atoms with E-state index in [0.29, 0.717) is 23.2 Å². The topological polar surface area (TPSA) is 0 Å². The minimum absolute atomic E-state index is 0.226. The second kappa shape index (κ2) is 17.1. The predicted octanol–water partition coefficient (Wildman–Crippen LogP) is 10.3. The van der Waals surface area contributed by atoms with Crippen LogP contribution < -0.4 is 21.2 Å². The molecule has 0 saturated heterocycles. The number of fused-ring (bicyclic) bond motifs is 2. The number of benzene rings is 6. The molecule has 0 aliphatic heterocycles. The quantitative estimate of drug-likeness (QED) is 0.111. The fourth-order valence-electron chi connectivity index (χ4n) is 8.78. The molecule has 249 valence electrons. The smallest absolute Gasteiger partial charge is 0.0620 e. The van der Waals surface area contributed by atoms with E-state index in [0.717, 1.165) is 0 Å². The van der Waals surface area contributed by atoms with Crippen molar-refractivity contribution in [3.63, 3.8) is 0 Å². The number of rotatable bonds is 7. The summed E-state index contributed by atoms with van der Waals surface area (Å²) in [4.78, 5) is 0. The molecular formula is C44H42Cl2P2Rh+2. The van der Waals surface area contributed by atoms with E-state index in [1.165, 1.54) is 25.7 Å². The van der Waals surface area contributed by atoms with Gasteiger partial charge in [0.15, 0.2) is 0 Å². The summed E-state index contributed by atoms with van der Waals surface area (Å²) >= 11 is -0.226. The fraction of sp³-hybridized carbons (Fsp3) is 0.182. The molecule has 49 heavy (non-hydrogen) atoms. The Morgan fingerprint density at radius 3 is 0.959 bits per heavy atom. The number of aryl methyl sites for hydroxylation is 2. The molecule has 0 amide bonds. The van der Waals surface area contributed by atoms with Crippen LogP contribution in [0.15, 0.2) is 170 Å². The van der Waals surface area contributed by atoms with Crippen LogP contribution in [0, 0.1) is 0 Å². The Morgan fingerprint density at radius 1 is 0.388 bits per heavy atom. The van der Waals surface area contributed by atoms with Gasteiger partial charge in [-0.25, -0.2) is 0 Å². The van der Waals surface area contributed by atoms with Gasteiger partial charge < -0.3 is 0 Å². The number of hydrogen-bond donors (Lipinski definition) is 0. The van der Waals surface area contributed by atoms with Crippen molar-refractivity contribution in [3.05, 3.63) is 192 Å². The molecule has 6 aromatic carbocycles. The van der Waals surface area contributed by atoms with E-state index < -0.39 is 15.8 Å². The third-order valence-corrected chi connectivity index (χ3v) is 17.2. The summed E-state index contributed by atoms with van der Waals surface area (Å²) in [6, 6.07) is 65.3. The van der Waals surface area contributed by atoms with Crippen molar-refractivity contribution < 1.29 is 15.1 Å². The minimum atomic E-state index is -1.11. The molecule has 2 unspecified atom stereocenters. The summed E-state index contributed by atoms with van der Waals surface area (Å²) in [5, 5.41) is 6.19. The summed E-state index contributed by atoms with van der Waals surface area (Å²) in [6.07, 6.45) is 4.81. The average molecular weight is 807 g/mol. The molecule has 0 fully saturated rings. The van der Waals surface area contributed by atoms with Crippen molar-refractivity contribution in [2.45, 2.75) is 48.8 Å². The van der Waals surface area contributed by atoms with Gasteiger partial charge in [-0.3, -0.25) is 0 Å². The maximum atomic E-state index is 4.83. The van der Waals surface area contributed by atoms with Gasteiger partial charge in [-0.1, -0.05) is 121 Å². The van der Waals surface area contributed by atoms with Crippen molar-refractivity contribution in [2.75, 3.05) is 0 Å². The third kappa shape index (κ3) is 7.69. The Balaban J connectivity index is 0.00000122. The van der Waals surface area contributed by atoms with E-state index in [1.807, 2.05) is 0 Å². The first-order valence-electron chi connectivity index (χ1n) is 17.2. The first-order chi connectivity index (χ1) is 24.3. The van der Waals surface area contributed by atoms with Crippen LogP contribution in [0.25, 0.3) is 0 Å². The van der Waals surface area contributed by atoms with E-state index in [9.17, 15) is 0 Å². The Kier molecular flexibility index (Phi) is 12.1. The van der Waals surface area contributed by atoms with Gasteiger partial charge >= 0.3 is 34.5 Å². The molecular weight excluding hydrogens is 764 g/mol. The Bertz CT molecular complexity index is 1690. The molecule has 2 aliphatic rings. The molecule has 0 saturated carbocycles. The first-order valence-corrected chi connectivity index (χ1v) is 24.6. The van der Waals surface area contributed by atoms with Crippen LogP contribution in [0.1, 0.15) is 46.9 Å². The van der Waals surface area contributed by atoms with E-state index in [2.05, 4.69) is 170 Å². The SMILES string of the molecule is [Cl][Rh][Cl].c1ccc([PH+](c2ccccc2)[C@H]2CCc3ccccc3C2C2c3ccccc3CC[C@@H]2[PH+](c2ccccc2)c2ccccc2)cc1.